The minimum Gasteiger partial charge on any atom is -0.492 e. The van der Waals surface area contributed by atoms with Gasteiger partial charge in [0.15, 0.2) is 0 Å². The summed E-state index contributed by atoms with van der Waals surface area (Å²) in [6.45, 7) is 3.34. The molecule has 0 unspecified atom stereocenters. The maximum atomic E-state index is 12.3. The second-order valence-corrected chi connectivity index (χ2v) is 6.56. The van der Waals surface area contributed by atoms with E-state index in [9.17, 15) is 9.59 Å². The van der Waals surface area contributed by atoms with E-state index in [4.69, 9.17) is 4.74 Å². The smallest absolute Gasteiger partial charge is 0.243 e. The van der Waals surface area contributed by atoms with Gasteiger partial charge in [-0.1, -0.05) is 35.9 Å². The largest absolute Gasteiger partial charge is 0.492 e. The quantitative estimate of drug-likeness (QED) is 0.737. The number of ether oxygens (including phenoxy) is 1. The Morgan fingerprint density at radius 1 is 0.963 bits per heavy atom. The Morgan fingerprint density at radius 3 is 2.30 bits per heavy atom. The molecule has 0 radical (unpaired) electrons. The maximum absolute atomic E-state index is 12.3. The molecule has 6 nitrogen and oxygen atoms in total. The van der Waals surface area contributed by atoms with Gasteiger partial charge in [-0.3, -0.25) is 14.5 Å². The molecule has 0 atom stereocenters. The Balaban J connectivity index is 1.69. The first-order chi connectivity index (χ1) is 12.9. The molecule has 144 valence electrons. The van der Waals surface area contributed by atoms with Crippen LogP contribution < -0.4 is 10.1 Å². The van der Waals surface area contributed by atoms with Crippen LogP contribution in [0.15, 0.2) is 54.6 Å². The molecule has 2 rings (SSSR count). The lowest BCUT2D eigenvalue weighted by molar-refractivity contribution is -0.134. The number of anilines is 1. The predicted molar refractivity (Wildman–Crippen MR) is 107 cm³/mol. The molecule has 27 heavy (non-hydrogen) atoms. The fourth-order valence-electron chi connectivity index (χ4n) is 2.41. The van der Waals surface area contributed by atoms with E-state index in [1.807, 2.05) is 73.5 Å². The van der Waals surface area contributed by atoms with Gasteiger partial charge in [-0.05, 0) is 38.2 Å². The third-order valence-corrected chi connectivity index (χ3v) is 4.03. The zero-order valence-electron chi connectivity index (χ0n) is 16.1. The third kappa shape index (κ3) is 7.50. The molecule has 0 spiro atoms. The van der Waals surface area contributed by atoms with Gasteiger partial charge in [0.25, 0.3) is 0 Å². The first-order valence-corrected chi connectivity index (χ1v) is 8.91. The van der Waals surface area contributed by atoms with Crippen molar-refractivity contribution in [1.29, 1.82) is 0 Å². The highest BCUT2D eigenvalue weighted by Gasteiger charge is 2.15. The first kappa shape index (κ1) is 20.5. The van der Waals surface area contributed by atoms with Gasteiger partial charge in [-0.15, -0.1) is 0 Å². The van der Waals surface area contributed by atoms with Gasteiger partial charge < -0.3 is 15.0 Å². The number of carbonyl (C=O) groups is 2. The minimum atomic E-state index is -0.218. The van der Waals surface area contributed by atoms with Gasteiger partial charge in [0, 0.05) is 19.3 Å². The van der Waals surface area contributed by atoms with Crippen molar-refractivity contribution in [2.24, 2.45) is 0 Å². The van der Waals surface area contributed by atoms with Crippen molar-refractivity contribution >= 4 is 17.5 Å². The average molecular weight is 369 g/mol. The summed E-state index contributed by atoms with van der Waals surface area (Å²) >= 11 is 0. The number of aryl methyl sites for hydroxylation is 1. The molecule has 2 aromatic rings. The Labute approximate surface area is 160 Å². The fraction of sp³-hybridized carbons (Fsp3) is 0.333. The number of hydrogen-bond donors (Lipinski definition) is 1. The summed E-state index contributed by atoms with van der Waals surface area (Å²) in [5, 5.41) is 2.79. The lowest BCUT2D eigenvalue weighted by atomic mass is 10.2. The van der Waals surface area contributed by atoms with Gasteiger partial charge in [0.2, 0.25) is 11.8 Å². The van der Waals surface area contributed by atoms with Gasteiger partial charge >= 0.3 is 0 Å². The molecule has 0 aliphatic carbocycles. The van der Waals surface area contributed by atoms with Crippen LogP contribution in [0.25, 0.3) is 0 Å². The Kier molecular flexibility index (Phi) is 7.82. The molecule has 2 amide bonds. The van der Waals surface area contributed by atoms with Crippen molar-refractivity contribution < 1.29 is 14.3 Å². The number of para-hydroxylation sites is 1. The maximum Gasteiger partial charge on any atom is 0.243 e. The summed E-state index contributed by atoms with van der Waals surface area (Å²) in [5.41, 5.74) is 1.85. The van der Waals surface area contributed by atoms with E-state index in [-0.39, 0.29) is 24.9 Å². The third-order valence-electron chi connectivity index (χ3n) is 4.03. The van der Waals surface area contributed by atoms with Crippen LogP contribution in [0.1, 0.15) is 5.56 Å². The van der Waals surface area contributed by atoms with E-state index in [0.717, 1.165) is 17.0 Å². The molecule has 0 heterocycles. The summed E-state index contributed by atoms with van der Waals surface area (Å²) in [7, 11) is 3.48. The standard InChI is InChI=1S/C21H27N3O3/c1-17-9-11-18(12-10-17)22-20(25)15-24(3)21(26)16-23(2)13-14-27-19-7-5-4-6-8-19/h4-12H,13-16H2,1-3H3,(H,22,25). The van der Waals surface area contributed by atoms with E-state index < -0.39 is 0 Å². The number of nitrogens with zero attached hydrogens (tertiary/aromatic N) is 2. The van der Waals surface area contributed by atoms with Crippen molar-refractivity contribution in [2.45, 2.75) is 6.92 Å². The van der Waals surface area contributed by atoms with Crippen molar-refractivity contribution in [3.8, 4) is 5.75 Å². The Morgan fingerprint density at radius 2 is 1.63 bits per heavy atom. The Bertz CT molecular complexity index is 732. The number of benzene rings is 2. The highest BCUT2D eigenvalue weighted by Crippen LogP contribution is 2.09. The van der Waals surface area contributed by atoms with Crippen LogP contribution >= 0.6 is 0 Å². The molecule has 0 fully saturated rings. The number of likely N-dealkylation sites (N-methyl/N-ethyl adjacent to an activating group) is 2. The van der Waals surface area contributed by atoms with E-state index in [1.54, 1.807) is 7.05 Å². The number of nitrogens with one attached hydrogen (secondary N) is 1. The van der Waals surface area contributed by atoms with Crippen LogP contribution in [-0.2, 0) is 9.59 Å². The van der Waals surface area contributed by atoms with Crippen LogP contribution in [0.3, 0.4) is 0 Å². The number of hydrogen-bond acceptors (Lipinski definition) is 4. The van der Waals surface area contributed by atoms with E-state index in [2.05, 4.69) is 5.32 Å². The Hall–Kier alpha value is -2.86. The molecule has 0 aliphatic heterocycles. The molecule has 0 aliphatic rings. The summed E-state index contributed by atoms with van der Waals surface area (Å²) in [4.78, 5) is 27.7. The van der Waals surface area contributed by atoms with Crippen LogP contribution in [0, 0.1) is 6.92 Å². The van der Waals surface area contributed by atoms with Gasteiger partial charge in [0.1, 0.15) is 12.4 Å². The monoisotopic (exact) mass is 369 g/mol. The number of amides is 2. The molecule has 0 aromatic heterocycles. The molecule has 0 bridgehead atoms. The van der Waals surface area contributed by atoms with Crippen molar-refractivity contribution in [3.63, 3.8) is 0 Å². The van der Waals surface area contributed by atoms with E-state index >= 15 is 0 Å². The highest BCUT2D eigenvalue weighted by molar-refractivity contribution is 5.94. The van der Waals surface area contributed by atoms with Crippen molar-refractivity contribution in [2.75, 3.05) is 45.7 Å². The normalized spacial score (nSPS) is 10.5. The lowest BCUT2D eigenvalue weighted by Gasteiger charge is -2.21. The highest BCUT2D eigenvalue weighted by atomic mass is 16.5. The molecular formula is C21H27N3O3. The minimum absolute atomic E-state index is 0.0149. The topological polar surface area (TPSA) is 61.9 Å². The predicted octanol–water partition coefficient (Wildman–Crippen LogP) is 2.40. The zero-order chi connectivity index (χ0) is 19.6. The van der Waals surface area contributed by atoms with Crippen molar-refractivity contribution in [1.82, 2.24) is 9.80 Å². The van der Waals surface area contributed by atoms with Crippen LogP contribution in [-0.4, -0.2) is 62.0 Å². The van der Waals surface area contributed by atoms with E-state index in [1.165, 1.54) is 4.90 Å². The van der Waals surface area contributed by atoms with Crippen LogP contribution in [0.4, 0.5) is 5.69 Å². The SMILES string of the molecule is Cc1ccc(NC(=O)CN(C)C(=O)CN(C)CCOc2ccccc2)cc1. The van der Waals surface area contributed by atoms with E-state index in [0.29, 0.717) is 13.2 Å². The molecular weight excluding hydrogens is 342 g/mol. The first-order valence-electron chi connectivity index (χ1n) is 8.91. The average Bonchev–Trinajstić information content (AvgIpc) is 2.64. The van der Waals surface area contributed by atoms with Crippen molar-refractivity contribution in [3.05, 3.63) is 60.2 Å². The summed E-state index contributed by atoms with van der Waals surface area (Å²) < 4.78 is 5.63. The second kappa shape index (κ2) is 10.3. The zero-order valence-corrected chi connectivity index (χ0v) is 16.1. The molecule has 6 heteroatoms. The fourth-order valence-corrected chi connectivity index (χ4v) is 2.41. The van der Waals surface area contributed by atoms with Gasteiger partial charge in [0.05, 0.1) is 13.1 Å². The summed E-state index contributed by atoms with van der Waals surface area (Å²) in [5.74, 6) is 0.475. The summed E-state index contributed by atoms with van der Waals surface area (Å²) in [6.07, 6.45) is 0. The van der Waals surface area contributed by atoms with Crippen LogP contribution in [0.5, 0.6) is 5.75 Å². The number of carbonyl (C=O) groups excluding carboxylic acids is 2. The molecule has 0 saturated carbocycles. The van der Waals surface area contributed by atoms with Gasteiger partial charge in [-0.2, -0.15) is 0 Å². The molecule has 1 N–H and O–H groups in total. The lowest BCUT2D eigenvalue weighted by Crippen LogP contribution is -2.41. The molecule has 0 saturated heterocycles. The van der Waals surface area contributed by atoms with Gasteiger partial charge in [-0.25, -0.2) is 0 Å². The molecule has 2 aromatic carbocycles. The second-order valence-electron chi connectivity index (χ2n) is 6.56. The number of rotatable bonds is 9. The van der Waals surface area contributed by atoms with Crippen LogP contribution in [0.2, 0.25) is 0 Å². The summed E-state index contributed by atoms with van der Waals surface area (Å²) in [6, 6.07) is 17.1.